The number of likely N-dealkylation sites (N-methyl/N-ethyl adjacent to an activating group) is 1. The Morgan fingerprint density at radius 3 is 2.68 bits per heavy atom. The normalized spacial score (nSPS) is 16.3. The molecule has 4 rings (SSSR count). The molecule has 0 radical (unpaired) electrons. The number of methoxy groups -OCH3 is 1. The molecule has 2 aromatic rings. The van der Waals surface area contributed by atoms with Gasteiger partial charge >= 0.3 is 0 Å². The number of ether oxygens (including phenoxy) is 1. The van der Waals surface area contributed by atoms with Gasteiger partial charge in [-0.3, -0.25) is 19.3 Å². The van der Waals surface area contributed by atoms with Gasteiger partial charge in [-0.05, 0) is 37.5 Å². The van der Waals surface area contributed by atoms with Crippen LogP contribution in [0.3, 0.4) is 0 Å². The first-order valence-corrected chi connectivity index (χ1v) is 11.2. The topological polar surface area (TPSA) is 70.2 Å². The van der Waals surface area contributed by atoms with Crippen molar-refractivity contribution in [2.75, 3.05) is 45.3 Å². The third-order valence-electron chi connectivity index (χ3n) is 5.94. The third-order valence-corrected chi connectivity index (χ3v) is 7.18. The van der Waals surface area contributed by atoms with Crippen LogP contribution in [-0.2, 0) is 22.5 Å². The number of benzene rings is 1. The van der Waals surface area contributed by atoms with E-state index in [-0.39, 0.29) is 24.3 Å². The van der Waals surface area contributed by atoms with Crippen LogP contribution in [-0.4, -0.2) is 67.9 Å². The van der Waals surface area contributed by atoms with E-state index in [1.807, 2.05) is 36.9 Å². The van der Waals surface area contributed by atoms with Gasteiger partial charge in [0.15, 0.2) is 0 Å². The van der Waals surface area contributed by atoms with Crippen LogP contribution >= 0.6 is 11.3 Å². The Labute approximate surface area is 186 Å². The Morgan fingerprint density at radius 1 is 1.19 bits per heavy atom. The Balaban J connectivity index is 1.68. The van der Waals surface area contributed by atoms with Crippen LogP contribution in [0.1, 0.15) is 42.3 Å². The van der Waals surface area contributed by atoms with Crippen molar-refractivity contribution < 1.29 is 19.1 Å². The maximum atomic E-state index is 13.2. The van der Waals surface area contributed by atoms with E-state index < -0.39 is 0 Å². The fourth-order valence-electron chi connectivity index (χ4n) is 4.27. The summed E-state index contributed by atoms with van der Waals surface area (Å²) in [7, 11) is 3.25. The van der Waals surface area contributed by atoms with Gasteiger partial charge in [-0.1, -0.05) is 17.7 Å². The summed E-state index contributed by atoms with van der Waals surface area (Å²) in [5, 5.41) is 0.683. The highest BCUT2D eigenvalue weighted by molar-refractivity contribution is 7.17. The lowest BCUT2D eigenvalue weighted by Crippen LogP contribution is -2.39. The van der Waals surface area contributed by atoms with E-state index in [9.17, 15) is 14.4 Å². The molecule has 3 amide bonds. The quantitative estimate of drug-likeness (QED) is 0.731. The minimum atomic E-state index is -0.130. The highest BCUT2D eigenvalue weighted by atomic mass is 32.1. The lowest BCUT2D eigenvalue weighted by Gasteiger charge is -2.28. The molecule has 0 fully saturated rings. The number of aryl methyl sites for hydroxylation is 2. The van der Waals surface area contributed by atoms with Crippen LogP contribution in [0, 0.1) is 13.8 Å². The van der Waals surface area contributed by atoms with E-state index >= 15 is 0 Å². The summed E-state index contributed by atoms with van der Waals surface area (Å²) >= 11 is 1.45. The fraction of sp³-hybridized carbons (Fsp3) is 0.435. The van der Waals surface area contributed by atoms with Gasteiger partial charge in [0.1, 0.15) is 11.5 Å². The molecule has 2 aliphatic heterocycles. The van der Waals surface area contributed by atoms with Gasteiger partial charge in [0.2, 0.25) is 5.91 Å². The monoisotopic (exact) mass is 441 g/mol. The van der Waals surface area contributed by atoms with Crippen LogP contribution in [0.15, 0.2) is 18.2 Å². The molecule has 1 aromatic carbocycles. The van der Waals surface area contributed by atoms with Crippen molar-refractivity contribution in [2.24, 2.45) is 0 Å². The summed E-state index contributed by atoms with van der Waals surface area (Å²) < 4.78 is 5.18. The second kappa shape index (κ2) is 8.43. The van der Waals surface area contributed by atoms with Gasteiger partial charge in [0, 0.05) is 31.1 Å². The van der Waals surface area contributed by atoms with Crippen molar-refractivity contribution in [1.82, 2.24) is 9.80 Å². The van der Waals surface area contributed by atoms with Crippen molar-refractivity contribution in [2.45, 2.75) is 26.8 Å². The SMILES string of the molecule is COCCN1C(=O)CN(C)C(=O)c2c1sc1c2CCN(C(=O)c2ccc(C)cc2C)C1. The van der Waals surface area contributed by atoms with Gasteiger partial charge in [-0.25, -0.2) is 0 Å². The molecule has 0 unspecified atom stereocenters. The van der Waals surface area contributed by atoms with E-state index in [4.69, 9.17) is 4.74 Å². The molecule has 1 aromatic heterocycles. The van der Waals surface area contributed by atoms with Crippen LogP contribution < -0.4 is 4.90 Å². The zero-order valence-corrected chi connectivity index (χ0v) is 19.2. The molecular formula is C23H27N3O4S. The van der Waals surface area contributed by atoms with Crippen molar-refractivity contribution in [3.8, 4) is 0 Å². The Kier molecular flexibility index (Phi) is 5.85. The molecule has 0 spiro atoms. The standard InChI is InChI=1S/C23H27N3O4S/c1-14-5-6-16(15(2)11-14)21(28)25-8-7-17-18(12-25)31-23-20(17)22(29)24(3)13-19(27)26(23)9-10-30-4/h5-6,11H,7-10,12-13H2,1-4H3. The van der Waals surface area contributed by atoms with E-state index in [0.717, 1.165) is 21.6 Å². The van der Waals surface area contributed by atoms with Crippen LogP contribution in [0.5, 0.6) is 0 Å². The largest absolute Gasteiger partial charge is 0.383 e. The summed E-state index contributed by atoms with van der Waals surface area (Å²) in [4.78, 5) is 45.0. The number of amides is 3. The van der Waals surface area contributed by atoms with Crippen molar-refractivity contribution in [3.05, 3.63) is 50.9 Å². The number of thiophene rings is 1. The number of carbonyl (C=O) groups is 3. The molecule has 0 saturated carbocycles. The summed E-state index contributed by atoms with van der Waals surface area (Å²) in [5.41, 5.74) is 4.38. The fourth-order valence-corrected chi connectivity index (χ4v) is 5.67. The summed E-state index contributed by atoms with van der Waals surface area (Å²) in [6.07, 6.45) is 0.601. The molecular weight excluding hydrogens is 414 g/mol. The number of carbonyl (C=O) groups excluding carboxylic acids is 3. The van der Waals surface area contributed by atoms with Gasteiger partial charge in [0.25, 0.3) is 11.8 Å². The molecule has 2 aliphatic rings. The first-order chi connectivity index (χ1) is 14.8. The molecule has 3 heterocycles. The van der Waals surface area contributed by atoms with E-state index in [1.54, 1.807) is 19.1 Å². The molecule has 31 heavy (non-hydrogen) atoms. The van der Waals surface area contributed by atoms with Gasteiger partial charge in [-0.15, -0.1) is 11.3 Å². The molecule has 0 bridgehead atoms. The van der Waals surface area contributed by atoms with Gasteiger partial charge < -0.3 is 14.5 Å². The zero-order chi connectivity index (χ0) is 22.3. The lowest BCUT2D eigenvalue weighted by molar-refractivity contribution is -0.119. The number of rotatable bonds is 4. The number of nitrogens with zero attached hydrogens (tertiary/aromatic N) is 3. The minimum Gasteiger partial charge on any atom is -0.383 e. The Morgan fingerprint density at radius 2 is 1.97 bits per heavy atom. The van der Waals surface area contributed by atoms with Crippen molar-refractivity contribution in [1.29, 1.82) is 0 Å². The molecule has 0 atom stereocenters. The molecule has 0 N–H and O–H groups in total. The maximum Gasteiger partial charge on any atom is 0.257 e. The second-order valence-electron chi connectivity index (χ2n) is 8.18. The second-order valence-corrected chi connectivity index (χ2v) is 9.26. The zero-order valence-electron chi connectivity index (χ0n) is 18.4. The molecule has 8 heteroatoms. The Bertz CT molecular complexity index is 1060. The van der Waals surface area contributed by atoms with E-state index in [1.165, 1.54) is 16.2 Å². The van der Waals surface area contributed by atoms with E-state index in [2.05, 4.69) is 0 Å². The van der Waals surface area contributed by atoms with Crippen LogP contribution in [0.2, 0.25) is 0 Å². The highest BCUT2D eigenvalue weighted by Gasteiger charge is 2.37. The molecule has 0 saturated heterocycles. The number of hydrogen-bond donors (Lipinski definition) is 0. The maximum absolute atomic E-state index is 13.2. The van der Waals surface area contributed by atoms with Crippen molar-refractivity contribution >= 4 is 34.1 Å². The van der Waals surface area contributed by atoms with Crippen LogP contribution in [0.25, 0.3) is 0 Å². The molecule has 0 aliphatic carbocycles. The number of anilines is 1. The van der Waals surface area contributed by atoms with Gasteiger partial charge in [-0.2, -0.15) is 0 Å². The van der Waals surface area contributed by atoms with Crippen LogP contribution in [0.4, 0.5) is 5.00 Å². The summed E-state index contributed by atoms with van der Waals surface area (Å²) in [6.45, 7) is 5.80. The average Bonchev–Trinajstić information content (AvgIpc) is 3.07. The lowest BCUT2D eigenvalue weighted by atomic mass is 10.00. The first kappa shape index (κ1) is 21.5. The summed E-state index contributed by atoms with van der Waals surface area (Å²) in [6, 6.07) is 5.86. The predicted octanol–water partition coefficient (Wildman–Crippen LogP) is 2.63. The van der Waals surface area contributed by atoms with Gasteiger partial charge in [0.05, 0.1) is 25.3 Å². The van der Waals surface area contributed by atoms with Crippen molar-refractivity contribution in [3.63, 3.8) is 0 Å². The average molecular weight is 442 g/mol. The predicted molar refractivity (Wildman–Crippen MR) is 120 cm³/mol. The van der Waals surface area contributed by atoms with E-state index in [0.29, 0.717) is 48.8 Å². The third kappa shape index (κ3) is 3.85. The smallest absolute Gasteiger partial charge is 0.257 e. The minimum absolute atomic E-state index is 0.00232. The summed E-state index contributed by atoms with van der Waals surface area (Å²) in [5.74, 6) is -0.245. The Hall–Kier alpha value is -2.71. The molecule has 7 nitrogen and oxygen atoms in total. The number of fused-ring (bicyclic) bond motifs is 3. The first-order valence-electron chi connectivity index (χ1n) is 10.4. The molecule has 164 valence electrons. The number of hydrogen-bond acceptors (Lipinski definition) is 5. The highest BCUT2D eigenvalue weighted by Crippen LogP contribution is 2.41.